The smallest absolute Gasteiger partial charge is 0.160 e. The van der Waals surface area contributed by atoms with Gasteiger partial charge in [-0.1, -0.05) is 0 Å². The fraction of sp³-hybridized carbons (Fsp3) is 0.143. The highest BCUT2D eigenvalue weighted by atomic mass is 32.1. The summed E-state index contributed by atoms with van der Waals surface area (Å²) in [6.45, 7) is 0. The average molecular weight is 273 g/mol. The summed E-state index contributed by atoms with van der Waals surface area (Å²) < 4.78 is 11.9. The molecule has 0 saturated heterocycles. The summed E-state index contributed by atoms with van der Waals surface area (Å²) in [5.74, 6) is 1.48. The summed E-state index contributed by atoms with van der Waals surface area (Å²) in [6.07, 6.45) is 4.30. The fourth-order valence-corrected chi connectivity index (χ4v) is 3.28. The van der Waals surface area contributed by atoms with Crippen LogP contribution in [0.1, 0.15) is 9.67 Å². The van der Waals surface area contributed by atoms with E-state index in [9.17, 15) is 4.79 Å². The zero-order chi connectivity index (χ0) is 13.4. The number of aldehydes is 1. The second-order valence-electron chi connectivity index (χ2n) is 4.00. The van der Waals surface area contributed by atoms with Crippen molar-refractivity contribution in [1.29, 1.82) is 0 Å². The molecule has 0 saturated carbocycles. The topological polar surface area (TPSA) is 48.4 Å². The number of benzene rings is 1. The lowest BCUT2D eigenvalue weighted by atomic mass is 10.1. The van der Waals surface area contributed by atoms with Gasteiger partial charge >= 0.3 is 0 Å². The molecule has 0 bridgehead atoms. The average Bonchev–Trinajstić information content (AvgIpc) is 2.88. The first-order valence-corrected chi connectivity index (χ1v) is 6.48. The van der Waals surface area contributed by atoms with Crippen molar-refractivity contribution in [2.24, 2.45) is 0 Å². The summed E-state index contributed by atoms with van der Waals surface area (Å²) in [4.78, 5) is 15.8. The number of fused-ring (bicyclic) bond motifs is 2. The minimum atomic E-state index is 0.648. The second-order valence-corrected chi connectivity index (χ2v) is 5.08. The molecule has 0 atom stereocenters. The maximum atomic E-state index is 11.0. The van der Waals surface area contributed by atoms with E-state index in [0.29, 0.717) is 4.88 Å². The van der Waals surface area contributed by atoms with Crippen LogP contribution in [0.15, 0.2) is 24.5 Å². The Morgan fingerprint density at radius 2 is 1.95 bits per heavy atom. The van der Waals surface area contributed by atoms with E-state index in [2.05, 4.69) is 4.98 Å². The fourth-order valence-electron chi connectivity index (χ4n) is 2.27. The lowest BCUT2D eigenvalue weighted by Gasteiger charge is -2.11. The van der Waals surface area contributed by atoms with Crippen LogP contribution in [0.3, 0.4) is 0 Å². The Kier molecular flexibility index (Phi) is 2.83. The third-order valence-corrected chi connectivity index (χ3v) is 4.10. The number of rotatable bonds is 3. The minimum Gasteiger partial charge on any atom is -0.495 e. The van der Waals surface area contributed by atoms with E-state index in [-0.39, 0.29) is 0 Å². The van der Waals surface area contributed by atoms with Crippen LogP contribution in [-0.2, 0) is 0 Å². The third kappa shape index (κ3) is 1.66. The molecular formula is C14H11NO3S. The van der Waals surface area contributed by atoms with Gasteiger partial charge in [0.25, 0.3) is 0 Å². The summed E-state index contributed by atoms with van der Waals surface area (Å²) in [5.41, 5.74) is 0. The van der Waals surface area contributed by atoms with Gasteiger partial charge in [-0.3, -0.25) is 9.78 Å². The zero-order valence-electron chi connectivity index (χ0n) is 10.5. The van der Waals surface area contributed by atoms with Crippen molar-refractivity contribution in [2.75, 3.05) is 14.2 Å². The van der Waals surface area contributed by atoms with Gasteiger partial charge in [0.1, 0.15) is 11.5 Å². The molecule has 4 nitrogen and oxygen atoms in total. The van der Waals surface area contributed by atoms with Gasteiger partial charge in [-0.2, -0.15) is 0 Å². The Morgan fingerprint density at radius 3 is 2.63 bits per heavy atom. The predicted molar refractivity (Wildman–Crippen MR) is 75.6 cm³/mol. The summed E-state index contributed by atoms with van der Waals surface area (Å²) in [5, 5.41) is 2.69. The van der Waals surface area contributed by atoms with Gasteiger partial charge < -0.3 is 9.47 Å². The molecule has 0 N–H and O–H groups in total. The molecule has 0 aliphatic heterocycles. The molecule has 0 aliphatic rings. The lowest BCUT2D eigenvalue weighted by molar-refractivity contribution is 0.112. The maximum absolute atomic E-state index is 11.0. The normalized spacial score (nSPS) is 10.8. The first-order chi connectivity index (χ1) is 9.30. The Balaban J connectivity index is 2.57. The molecular weight excluding hydrogens is 262 g/mol. The van der Waals surface area contributed by atoms with Gasteiger partial charge in [0.2, 0.25) is 0 Å². The monoisotopic (exact) mass is 273 g/mol. The van der Waals surface area contributed by atoms with Crippen molar-refractivity contribution in [3.63, 3.8) is 0 Å². The van der Waals surface area contributed by atoms with E-state index in [1.807, 2.05) is 12.1 Å². The van der Waals surface area contributed by atoms with Crippen LogP contribution >= 0.6 is 11.3 Å². The maximum Gasteiger partial charge on any atom is 0.160 e. The Labute approximate surface area is 113 Å². The highest BCUT2D eigenvalue weighted by Crippen LogP contribution is 2.45. The zero-order valence-corrected chi connectivity index (χ0v) is 11.3. The Bertz CT molecular complexity index is 719. The van der Waals surface area contributed by atoms with Gasteiger partial charge in [-0.15, -0.1) is 11.3 Å². The van der Waals surface area contributed by atoms with E-state index in [4.69, 9.17) is 9.47 Å². The first kappa shape index (κ1) is 11.9. The highest BCUT2D eigenvalue weighted by Gasteiger charge is 2.17. The number of carbonyl (C=O) groups excluding carboxylic acids is 1. The molecule has 0 amide bonds. The highest BCUT2D eigenvalue weighted by molar-refractivity contribution is 7.21. The van der Waals surface area contributed by atoms with Gasteiger partial charge in [-0.25, -0.2) is 0 Å². The van der Waals surface area contributed by atoms with E-state index in [1.54, 1.807) is 26.6 Å². The number of carbonyl (C=O) groups is 1. The minimum absolute atomic E-state index is 0.648. The molecule has 0 spiro atoms. The van der Waals surface area contributed by atoms with Crippen LogP contribution in [0, 0.1) is 0 Å². The molecule has 0 radical (unpaired) electrons. The van der Waals surface area contributed by atoms with Crippen LogP contribution in [0.4, 0.5) is 0 Å². The molecule has 96 valence electrons. The van der Waals surface area contributed by atoms with Gasteiger partial charge in [-0.05, 0) is 12.1 Å². The number of nitrogens with zero attached hydrogens (tertiary/aromatic N) is 1. The van der Waals surface area contributed by atoms with Gasteiger partial charge in [0, 0.05) is 28.6 Å². The van der Waals surface area contributed by atoms with Crippen molar-refractivity contribution in [2.45, 2.75) is 0 Å². The number of hydrogen-bond acceptors (Lipinski definition) is 5. The molecule has 19 heavy (non-hydrogen) atoms. The Hall–Kier alpha value is -2.14. The largest absolute Gasteiger partial charge is 0.495 e. The summed E-state index contributed by atoms with van der Waals surface area (Å²) in [7, 11) is 3.24. The van der Waals surface area contributed by atoms with Crippen molar-refractivity contribution in [1.82, 2.24) is 4.98 Å². The quantitative estimate of drug-likeness (QED) is 0.687. The number of hydrogen-bond donors (Lipinski definition) is 0. The van der Waals surface area contributed by atoms with Crippen molar-refractivity contribution < 1.29 is 14.3 Å². The summed E-state index contributed by atoms with van der Waals surface area (Å²) in [6, 6.07) is 3.71. The number of thiophene rings is 1. The number of pyridine rings is 1. The molecule has 2 heterocycles. The number of aromatic nitrogens is 1. The SMILES string of the molecule is COc1c2cnccc2c(OC)c2sc(C=O)cc12. The second kappa shape index (κ2) is 4.51. The standard InChI is InChI=1S/C14H11NO3S/c1-17-12-10-5-8(7-16)19-14(10)13(18-2)9-3-4-15-6-11(9)12/h3-7H,1-2H3. The molecule has 0 fully saturated rings. The first-order valence-electron chi connectivity index (χ1n) is 5.66. The van der Waals surface area contributed by atoms with Crippen molar-refractivity contribution >= 4 is 38.5 Å². The molecule has 3 rings (SSSR count). The van der Waals surface area contributed by atoms with E-state index < -0.39 is 0 Å². The molecule has 1 aromatic carbocycles. The Morgan fingerprint density at radius 1 is 1.16 bits per heavy atom. The number of methoxy groups -OCH3 is 2. The van der Waals surface area contributed by atoms with Crippen LogP contribution in [0.25, 0.3) is 20.9 Å². The molecule has 0 aliphatic carbocycles. The molecule has 3 aromatic rings. The molecule has 0 unspecified atom stereocenters. The van der Waals surface area contributed by atoms with Crippen molar-refractivity contribution in [3.8, 4) is 11.5 Å². The third-order valence-electron chi connectivity index (χ3n) is 3.04. The van der Waals surface area contributed by atoms with Crippen LogP contribution in [-0.4, -0.2) is 25.5 Å². The van der Waals surface area contributed by atoms with Crippen LogP contribution < -0.4 is 9.47 Å². The molecule has 5 heteroatoms. The van der Waals surface area contributed by atoms with Crippen LogP contribution in [0.5, 0.6) is 11.5 Å². The lowest BCUT2D eigenvalue weighted by Crippen LogP contribution is -1.91. The van der Waals surface area contributed by atoms with Gasteiger partial charge in [0.15, 0.2) is 6.29 Å². The van der Waals surface area contributed by atoms with Crippen LogP contribution in [0.2, 0.25) is 0 Å². The van der Waals surface area contributed by atoms with E-state index in [0.717, 1.165) is 38.6 Å². The van der Waals surface area contributed by atoms with E-state index in [1.165, 1.54) is 11.3 Å². The van der Waals surface area contributed by atoms with Crippen molar-refractivity contribution in [3.05, 3.63) is 29.4 Å². The molecule has 2 aromatic heterocycles. The van der Waals surface area contributed by atoms with Gasteiger partial charge in [0.05, 0.1) is 23.8 Å². The predicted octanol–water partition coefficient (Wildman–Crippen LogP) is 3.28. The number of ether oxygens (including phenoxy) is 2. The van der Waals surface area contributed by atoms with E-state index >= 15 is 0 Å². The summed E-state index contributed by atoms with van der Waals surface area (Å²) >= 11 is 1.40.